The second kappa shape index (κ2) is 7.77. The molecule has 0 saturated carbocycles. The van der Waals surface area contributed by atoms with Crippen LogP contribution in [0, 0.1) is 5.92 Å². The van der Waals surface area contributed by atoms with Crippen LogP contribution in [0.15, 0.2) is 36.5 Å². The van der Waals surface area contributed by atoms with E-state index in [1.165, 1.54) is 10.6 Å². The van der Waals surface area contributed by atoms with Crippen molar-refractivity contribution in [3.8, 4) is 0 Å². The first-order valence-corrected chi connectivity index (χ1v) is 10.6. The Morgan fingerprint density at radius 2 is 1.88 bits per heavy atom. The van der Waals surface area contributed by atoms with Crippen LogP contribution in [-0.2, 0) is 21.4 Å². The number of rotatable bonds is 5. The molecule has 26 heavy (non-hydrogen) atoms. The quantitative estimate of drug-likeness (QED) is 0.839. The van der Waals surface area contributed by atoms with Crippen LogP contribution in [0.3, 0.4) is 0 Å². The van der Waals surface area contributed by atoms with E-state index in [1.54, 1.807) is 16.9 Å². The van der Waals surface area contributed by atoms with Gasteiger partial charge in [0.25, 0.3) is 0 Å². The van der Waals surface area contributed by atoms with Gasteiger partial charge in [0.2, 0.25) is 15.9 Å². The molecule has 0 atom stereocenters. The minimum absolute atomic E-state index is 0.116. The van der Waals surface area contributed by atoms with Crippen molar-refractivity contribution in [2.45, 2.75) is 19.4 Å². The van der Waals surface area contributed by atoms with E-state index in [2.05, 4.69) is 10.4 Å². The number of hydrogen-bond acceptors (Lipinski definition) is 4. The zero-order valence-corrected chi connectivity index (χ0v) is 16.0. The summed E-state index contributed by atoms with van der Waals surface area (Å²) in [5, 5.41) is 7.87. The third-order valence-electron chi connectivity index (χ3n) is 4.44. The van der Waals surface area contributed by atoms with Crippen molar-refractivity contribution in [1.82, 2.24) is 14.1 Å². The fourth-order valence-electron chi connectivity index (χ4n) is 2.97. The summed E-state index contributed by atoms with van der Waals surface area (Å²) < 4.78 is 26.2. The topological polar surface area (TPSA) is 84.3 Å². The number of anilines is 1. The van der Waals surface area contributed by atoms with Gasteiger partial charge in [0, 0.05) is 36.3 Å². The van der Waals surface area contributed by atoms with Crippen LogP contribution < -0.4 is 5.32 Å². The smallest absolute Gasteiger partial charge is 0.228 e. The number of sulfonamides is 1. The number of carbonyl (C=O) groups is 1. The summed E-state index contributed by atoms with van der Waals surface area (Å²) in [5.41, 5.74) is 1.06. The van der Waals surface area contributed by atoms with E-state index < -0.39 is 10.0 Å². The largest absolute Gasteiger partial charge is 0.309 e. The highest BCUT2D eigenvalue weighted by atomic mass is 35.5. The van der Waals surface area contributed by atoms with Crippen molar-refractivity contribution in [3.05, 3.63) is 47.1 Å². The monoisotopic (exact) mass is 396 g/mol. The van der Waals surface area contributed by atoms with Crippen LogP contribution in [0.25, 0.3) is 0 Å². The fourth-order valence-corrected chi connectivity index (χ4v) is 3.97. The van der Waals surface area contributed by atoms with E-state index in [0.29, 0.717) is 43.3 Å². The van der Waals surface area contributed by atoms with Crippen molar-refractivity contribution in [3.63, 3.8) is 0 Å². The first-order chi connectivity index (χ1) is 12.3. The third-order valence-corrected chi connectivity index (χ3v) is 6.00. The molecule has 3 rings (SSSR count). The molecule has 0 aliphatic carbocycles. The van der Waals surface area contributed by atoms with Crippen molar-refractivity contribution >= 4 is 33.3 Å². The molecule has 0 bridgehead atoms. The van der Waals surface area contributed by atoms with Crippen molar-refractivity contribution in [1.29, 1.82) is 0 Å². The highest BCUT2D eigenvalue weighted by Gasteiger charge is 2.29. The Morgan fingerprint density at radius 1 is 1.23 bits per heavy atom. The van der Waals surface area contributed by atoms with Crippen LogP contribution in [-0.4, -0.2) is 47.8 Å². The Hall–Kier alpha value is -1.90. The van der Waals surface area contributed by atoms with E-state index in [4.69, 9.17) is 11.6 Å². The summed E-state index contributed by atoms with van der Waals surface area (Å²) in [6.07, 6.45) is 4.03. The van der Waals surface area contributed by atoms with Gasteiger partial charge < -0.3 is 5.32 Å². The molecule has 2 heterocycles. The maximum absolute atomic E-state index is 12.4. The molecule has 0 radical (unpaired) electrons. The molecule has 0 unspecified atom stereocenters. The van der Waals surface area contributed by atoms with E-state index in [-0.39, 0.29) is 11.8 Å². The fraction of sp³-hybridized carbons (Fsp3) is 0.412. The average molecular weight is 397 g/mol. The van der Waals surface area contributed by atoms with Crippen molar-refractivity contribution in [2.24, 2.45) is 5.92 Å². The number of halogens is 1. The lowest BCUT2D eigenvalue weighted by Gasteiger charge is -2.29. The van der Waals surface area contributed by atoms with E-state index in [1.807, 2.05) is 24.3 Å². The number of carbonyl (C=O) groups excluding carboxylic acids is 1. The maximum Gasteiger partial charge on any atom is 0.228 e. The Kier molecular flexibility index (Phi) is 5.64. The number of piperidine rings is 1. The lowest BCUT2D eigenvalue weighted by molar-refractivity contribution is -0.120. The number of aromatic nitrogens is 2. The molecule has 7 nitrogen and oxygen atoms in total. The lowest BCUT2D eigenvalue weighted by Crippen LogP contribution is -2.40. The molecule has 1 amide bonds. The highest BCUT2D eigenvalue weighted by Crippen LogP contribution is 2.20. The lowest BCUT2D eigenvalue weighted by atomic mass is 9.97. The van der Waals surface area contributed by atoms with Crippen LogP contribution in [0.2, 0.25) is 5.02 Å². The second-order valence-corrected chi connectivity index (χ2v) is 8.87. The van der Waals surface area contributed by atoms with Gasteiger partial charge in [0.1, 0.15) is 0 Å². The summed E-state index contributed by atoms with van der Waals surface area (Å²) in [5.74, 6) is 0.179. The van der Waals surface area contributed by atoms with Crippen LogP contribution in [0.4, 0.5) is 5.82 Å². The first kappa shape index (κ1) is 18.9. The van der Waals surface area contributed by atoms with Gasteiger partial charge in [-0.25, -0.2) is 12.7 Å². The molecular weight excluding hydrogens is 376 g/mol. The van der Waals surface area contributed by atoms with Gasteiger partial charge >= 0.3 is 0 Å². The molecule has 140 valence electrons. The summed E-state index contributed by atoms with van der Waals surface area (Å²) in [6, 6.07) is 9.26. The number of benzene rings is 1. The SMILES string of the molecule is CS(=O)(=O)N1CCC(C(=O)Nc2ccn(Cc3ccc(Cl)cc3)n2)CC1. The molecule has 1 aromatic carbocycles. The second-order valence-electron chi connectivity index (χ2n) is 6.45. The van der Waals surface area contributed by atoms with Gasteiger partial charge in [-0.3, -0.25) is 9.48 Å². The molecule has 9 heteroatoms. The zero-order chi connectivity index (χ0) is 18.7. The molecule has 1 fully saturated rings. The minimum Gasteiger partial charge on any atom is -0.309 e. The van der Waals surface area contributed by atoms with Crippen LogP contribution in [0.5, 0.6) is 0 Å². The summed E-state index contributed by atoms with van der Waals surface area (Å²) >= 11 is 5.88. The number of hydrogen-bond donors (Lipinski definition) is 1. The first-order valence-electron chi connectivity index (χ1n) is 8.35. The normalized spacial score (nSPS) is 16.5. The van der Waals surface area contributed by atoms with Gasteiger partial charge in [-0.2, -0.15) is 5.10 Å². The maximum atomic E-state index is 12.4. The van der Waals surface area contributed by atoms with Gasteiger partial charge in [-0.1, -0.05) is 23.7 Å². The van der Waals surface area contributed by atoms with E-state index >= 15 is 0 Å². The summed E-state index contributed by atoms with van der Waals surface area (Å²) in [6.45, 7) is 1.34. The number of nitrogens with one attached hydrogen (secondary N) is 1. The standard InChI is InChI=1S/C17H21ClN4O3S/c1-26(24,25)22-10-6-14(7-11-22)17(23)19-16-8-9-21(20-16)12-13-2-4-15(18)5-3-13/h2-5,8-9,14H,6-7,10-12H2,1H3,(H,19,20,23). The van der Waals surface area contributed by atoms with Gasteiger partial charge in [-0.05, 0) is 30.5 Å². The van der Waals surface area contributed by atoms with Gasteiger partial charge in [0.05, 0.1) is 12.8 Å². The molecule has 1 aliphatic heterocycles. The Bertz CT molecular complexity index is 872. The molecule has 1 aromatic heterocycles. The van der Waals surface area contributed by atoms with Crippen LogP contribution >= 0.6 is 11.6 Å². The Morgan fingerprint density at radius 3 is 2.50 bits per heavy atom. The van der Waals surface area contributed by atoms with Crippen molar-refractivity contribution < 1.29 is 13.2 Å². The Balaban J connectivity index is 1.54. The Labute approximate surface area is 158 Å². The third kappa shape index (κ3) is 4.84. The van der Waals surface area contributed by atoms with Gasteiger partial charge in [-0.15, -0.1) is 0 Å². The molecule has 1 N–H and O–H groups in total. The summed E-state index contributed by atoms with van der Waals surface area (Å²) in [4.78, 5) is 12.4. The zero-order valence-electron chi connectivity index (χ0n) is 14.4. The predicted molar refractivity (Wildman–Crippen MR) is 101 cm³/mol. The predicted octanol–water partition coefficient (Wildman–Crippen LogP) is 2.19. The molecule has 1 aliphatic rings. The molecular formula is C17H21ClN4O3S. The summed E-state index contributed by atoms with van der Waals surface area (Å²) in [7, 11) is -3.19. The highest BCUT2D eigenvalue weighted by molar-refractivity contribution is 7.88. The molecule has 1 saturated heterocycles. The van der Waals surface area contributed by atoms with Crippen LogP contribution in [0.1, 0.15) is 18.4 Å². The van der Waals surface area contributed by atoms with Gasteiger partial charge in [0.15, 0.2) is 5.82 Å². The minimum atomic E-state index is -3.19. The average Bonchev–Trinajstić information content (AvgIpc) is 3.03. The number of amides is 1. The molecule has 2 aromatic rings. The van der Waals surface area contributed by atoms with Crippen molar-refractivity contribution in [2.75, 3.05) is 24.7 Å². The van der Waals surface area contributed by atoms with E-state index in [0.717, 1.165) is 5.56 Å². The number of nitrogens with zero attached hydrogens (tertiary/aromatic N) is 3. The molecule has 0 spiro atoms. The van der Waals surface area contributed by atoms with E-state index in [9.17, 15) is 13.2 Å².